The van der Waals surface area contributed by atoms with Crippen molar-refractivity contribution in [3.63, 3.8) is 0 Å². The topological polar surface area (TPSA) is 69.2 Å². The van der Waals surface area contributed by atoms with Crippen molar-refractivity contribution in [3.8, 4) is 11.4 Å². The molecule has 19 heavy (non-hydrogen) atoms. The van der Waals surface area contributed by atoms with Crippen LogP contribution in [0.4, 0.5) is 0 Å². The first-order valence-corrected chi connectivity index (χ1v) is 6.14. The lowest BCUT2D eigenvalue weighted by Gasteiger charge is -2.06. The summed E-state index contributed by atoms with van der Waals surface area (Å²) in [4.78, 5) is 10.5. The third kappa shape index (κ3) is 2.93. The van der Waals surface area contributed by atoms with Gasteiger partial charge in [0.25, 0.3) is 5.82 Å². The number of imidazole rings is 1. The number of carboxylic acids is 1. The first-order valence-electron chi connectivity index (χ1n) is 6.14. The third-order valence-corrected chi connectivity index (χ3v) is 2.99. The fourth-order valence-corrected chi connectivity index (χ4v) is 2.11. The van der Waals surface area contributed by atoms with Gasteiger partial charge in [-0.2, -0.15) is 0 Å². The average molecular weight is 260 g/mol. The first-order chi connectivity index (χ1) is 9.09. The zero-order chi connectivity index (χ0) is 13.8. The Bertz CT molecular complexity index is 576. The van der Waals surface area contributed by atoms with Crippen LogP contribution in [-0.2, 0) is 18.3 Å². The van der Waals surface area contributed by atoms with E-state index in [1.807, 2.05) is 37.4 Å². The van der Waals surface area contributed by atoms with Crippen molar-refractivity contribution in [2.24, 2.45) is 7.05 Å². The second-order valence-electron chi connectivity index (χ2n) is 4.46. The van der Waals surface area contributed by atoms with Gasteiger partial charge in [0.2, 0.25) is 0 Å². The summed E-state index contributed by atoms with van der Waals surface area (Å²) in [6, 6.07) is 9.42. The van der Waals surface area contributed by atoms with E-state index in [4.69, 9.17) is 5.11 Å². The molecule has 0 atom stereocenters. The van der Waals surface area contributed by atoms with E-state index in [2.05, 4.69) is 0 Å². The molecule has 0 bridgehead atoms. The molecule has 1 aromatic heterocycles. The molecule has 100 valence electrons. The molecule has 0 aliphatic carbocycles. The van der Waals surface area contributed by atoms with Gasteiger partial charge in [-0.15, -0.1) is 0 Å². The molecule has 0 unspecified atom stereocenters. The quantitative estimate of drug-likeness (QED) is 0.657. The number of benzene rings is 1. The van der Waals surface area contributed by atoms with Crippen molar-refractivity contribution in [3.05, 3.63) is 47.4 Å². The van der Waals surface area contributed by atoms with Crippen molar-refractivity contribution in [2.75, 3.05) is 0 Å². The molecule has 0 fully saturated rings. The fraction of sp³-hybridized carbons (Fsp3) is 0.286. The normalized spacial score (nSPS) is 10.6. The Hall–Kier alpha value is -2.30. The number of carboxylic acid groups (broad SMARTS) is 1. The second-order valence-corrected chi connectivity index (χ2v) is 4.46. The second kappa shape index (κ2) is 5.56. The summed E-state index contributed by atoms with van der Waals surface area (Å²) in [6.45, 7) is 0. The van der Waals surface area contributed by atoms with Crippen LogP contribution in [0.15, 0.2) is 36.5 Å². The minimum absolute atomic E-state index is 0.0789. The molecule has 2 aromatic rings. The Morgan fingerprint density at radius 1 is 1.37 bits per heavy atom. The van der Waals surface area contributed by atoms with Gasteiger partial charge >= 0.3 is 5.97 Å². The molecule has 1 N–H and O–H groups in total. The molecule has 5 nitrogen and oxygen atoms in total. The SMILES string of the molecule is Cn1cc(CCCC(=O)O)[n+]([O-])c1-c1ccccc1. The van der Waals surface area contributed by atoms with E-state index in [0.29, 0.717) is 24.4 Å². The summed E-state index contributed by atoms with van der Waals surface area (Å²) < 4.78 is 2.66. The van der Waals surface area contributed by atoms with Crippen LogP contribution in [0.3, 0.4) is 0 Å². The van der Waals surface area contributed by atoms with Crippen LogP contribution in [0, 0.1) is 5.21 Å². The zero-order valence-corrected chi connectivity index (χ0v) is 10.7. The number of nitrogens with zero attached hydrogens (tertiary/aromatic N) is 2. The maximum atomic E-state index is 12.2. The van der Waals surface area contributed by atoms with Crippen LogP contribution in [0.5, 0.6) is 0 Å². The molecule has 2 rings (SSSR count). The number of aromatic nitrogens is 2. The Labute approximate surface area is 111 Å². The van der Waals surface area contributed by atoms with Gasteiger partial charge in [0.05, 0.1) is 12.6 Å². The van der Waals surface area contributed by atoms with Gasteiger partial charge < -0.3 is 10.3 Å². The van der Waals surface area contributed by atoms with E-state index in [1.54, 1.807) is 10.8 Å². The Kier molecular flexibility index (Phi) is 3.85. The monoisotopic (exact) mass is 260 g/mol. The van der Waals surface area contributed by atoms with Crippen molar-refractivity contribution >= 4 is 5.97 Å². The average Bonchev–Trinajstić information content (AvgIpc) is 2.65. The predicted molar refractivity (Wildman–Crippen MR) is 70.4 cm³/mol. The van der Waals surface area contributed by atoms with Crippen molar-refractivity contribution in [1.82, 2.24) is 4.57 Å². The molecule has 0 amide bonds. The summed E-state index contributed by atoms with van der Waals surface area (Å²) in [5.41, 5.74) is 1.45. The predicted octanol–water partition coefficient (Wildman–Crippen LogP) is 1.73. The van der Waals surface area contributed by atoms with Crippen LogP contribution in [0.2, 0.25) is 0 Å². The van der Waals surface area contributed by atoms with Gasteiger partial charge in [0, 0.05) is 12.8 Å². The summed E-state index contributed by atoms with van der Waals surface area (Å²) in [6.07, 6.45) is 2.78. The molecule has 1 heterocycles. The van der Waals surface area contributed by atoms with E-state index in [0.717, 1.165) is 10.3 Å². The first kappa shape index (κ1) is 13.1. The van der Waals surface area contributed by atoms with Crippen LogP contribution < -0.4 is 4.73 Å². The Morgan fingerprint density at radius 2 is 2.05 bits per heavy atom. The Morgan fingerprint density at radius 3 is 2.68 bits per heavy atom. The molecule has 5 heteroatoms. The lowest BCUT2D eigenvalue weighted by Crippen LogP contribution is -2.32. The van der Waals surface area contributed by atoms with Gasteiger partial charge in [0.1, 0.15) is 11.9 Å². The fourth-order valence-electron chi connectivity index (χ4n) is 2.11. The third-order valence-electron chi connectivity index (χ3n) is 2.99. The summed E-state index contributed by atoms with van der Waals surface area (Å²) >= 11 is 0. The largest absolute Gasteiger partial charge is 0.710 e. The van der Waals surface area contributed by atoms with Crippen LogP contribution >= 0.6 is 0 Å². The number of aryl methyl sites for hydroxylation is 2. The molecule has 0 saturated heterocycles. The highest BCUT2D eigenvalue weighted by atomic mass is 16.5. The van der Waals surface area contributed by atoms with Crippen LogP contribution in [0.25, 0.3) is 11.4 Å². The summed E-state index contributed by atoms with van der Waals surface area (Å²) in [5, 5.41) is 20.8. The molecular formula is C14H16N2O3. The van der Waals surface area contributed by atoms with E-state index in [9.17, 15) is 10.0 Å². The highest BCUT2D eigenvalue weighted by Gasteiger charge is 2.18. The highest BCUT2D eigenvalue weighted by molar-refractivity contribution is 5.66. The minimum atomic E-state index is -0.836. The van der Waals surface area contributed by atoms with Crippen molar-refractivity contribution in [2.45, 2.75) is 19.3 Å². The Balaban J connectivity index is 2.23. The molecule has 0 spiro atoms. The van der Waals surface area contributed by atoms with Gasteiger partial charge in [-0.25, -0.2) is 9.30 Å². The number of aliphatic carboxylic acids is 1. The molecule has 1 aromatic carbocycles. The van der Waals surface area contributed by atoms with Crippen molar-refractivity contribution < 1.29 is 14.6 Å². The smallest absolute Gasteiger partial charge is 0.303 e. The molecule has 0 radical (unpaired) electrons. The summed E-state index contributed by atoms with van der Waals surface area (Å²) in [7, 11) is 1.82. The molecule has 0 aliphatic heterocycles. The lowest BCUT2D eigenvalue weighted by atomic mass is 10.2. The van der Waals surface area contributed by atoms with Crippen LogP contribution in [-0.4, -0.2) is 15.6 Å². The number of rotatable bonds is 5. The number of carbonyl (C=O) groups is 1. The van der Waals surface area contributed by atoms with E-state index >= 15 is 0 Å². The summed E-state index contributed by atoms with van der Waals surface area (Å²) in [5.74, 6) is -0.261. The number of hydrogen-bond donors (Lipinski definition) is 1. The molecule has 0 aliphatic rings. The van der Waals surface area contributed by atoms with Crippen LogP contribution in [0.1, 0.15) is 18.5 Å². The zero-order valence-electron chi connectivity index (χ0n) is 10.7. The lowest BCUT2D eigenvalue weighted by molar-refractivity contribution is -0.601. The van der Waals surface area contributed by atoms with Gasteiger partial charge in [-0.05, 0) is 18.6 Å². The maximum absolute atomic E-state index is 12.2. The highest BCUT2D eigenvalue weighted by Crippen LogP contribution is 2.16. The maximum Gasteiger partial charge on any atom is 0.303 e. The number of hydrogen-bond acceptors (Lipinski definition) is 2. The van der Waals surface area contributed by atoms with Gasteiger partial charge in [-0.3, -0.25) is 4.79 Å². The van der Waals surface area contributed by atoms with Crippen molar-refractivity contribution in [1.29, 1.82) is 0 Å². The van der Waals surface area contributed by atoms with E-state index < -0.39 is 5.97 Å². The minimum Gasteiger partial charge on any atom is -0.710 e. The molecular weight excluding hydrogens is 244 g/mol. The van der Waals surface area contributed by atoms with E-state index in [-0.39, 0.29) is 6.42 Å². The van der Waals surface area contributed by atoms with Gasteiger partial charge in [-0.1, -0.05) is 18.2 Å². The van der Waals surface area contributed by atoms with Gasteiger partial charge in [0.15, 0.2) is 0 Å². The van der Waals surface area contributed by atoms with E-state index in [1.165, 1.54) is 0 Å². The standard InChI is InChI=1S/C14H16N2O3/c1-15-10-12(8-5-9-13(17)18)16(19)14(15)11-6-3-2-4-7-11/h2-4,6-7,10H,5,8-9H2,1H3,(H,17,18). The molecule has 0 saturated carbocycles.